The Morgan fingerprint density at radius 2 is 1.12 bits per heavy atom. The van der Waals surface area contributed by atoms with E-state index in [0.29, 0.717) is 25.9 Å². The average Bonchev–Trinajstić information content (AvgIpc) is 2.82. The van der Waals surface area contributed by atoms with Gasteiger partial charge in [-0.25, -0.2) is 19.2 Å². The number of nitrogens with one attached hydrogen (secondary N) is 4. The molecule has 0 spiro atoms. The molecule has 2 rings (SSSR count). The summed E-state index contributed by atoms with van der Waals surface area (Å²) in [6.45, 7) is 15.1. The van der Waals surface area contributed by atoms with Gasteiger partial charge in [0.25, 0.3) is 0 Å². The first-order valence-electron chi connectivity index (χ1n) is 14.4. The zero-order chi connectivity index (χ0) is 31.1. The maximum atomic E-state index is 12.6. The predicted octanol–water partition coefficient (Wildman–Crippen LogP) is 4.71. The van der Waals surface area contributed by atoms with E-state index in [4.69, 9.17) is 18.9 Å². The number of carbonyl (C=O) groups excluding carboxylic acids is 4. The van der Waals surface area contributed by atoms with Crippen LogP contribution in [0.4, 0.5) is 19.2 Å². The second-order valence-electron chi connectivity index (χ2n) is 14.3. The number of amides is 4. The maximum absolute atomic E-state index is 12.6. The van der Waals surface area contributed by atoms with E-state index in [1.807, 2.05) is 0 Å². The van der Waals surface area contributed by atoms with Crippen molar-refractivity contribution in [3.8, 4) is 0 Å². The lowest BCUT2D eigenvalue weighted by atomic mass is 9.62. The molecule has 0 aromatic carbocycles. The molecule has 0 aromatic rings. The third kappa shape index (κ3) is 11.8. The summed E-state index contributed by atoms with van der Waals surface area (Å²) in [5.41, 5.74) is -0.541. The van der Waals surface area contributed by atoms with Crippen molar-refractivity contribution in [3.63, 3.8) is 0 Å². The molecule has 4 N–H and O–H groups in total. The van der Waals surface area contributed by atoms with Gasteiger partial charge in [-0.05, 0) is 67.1 Å². The Bertz CT molecular complexity index is 942. The van der Waals surface area contributed by atoms with Crippen molar-refractivity contribution in [2.24, 2.45) is 21.7 Å². The average molecular weight is 585 g/mol. The van der Waals surface area contributed by atoms with Crippen molar-refractivity contribution in [2.45, 2.75) is 105 Å². The first kappa shape index (κ1) is 34.3. The normalized spacial score (nSPS) is 29.2. The van der Waals surface area contributed by atoms with Gasteiger partial charge < -0.3 is 40.2 Å². The first-order valence-corrected chi connectivity index (χ1v) is 14.4. The van der Waals surface area contributed by atoms with Crippen LogP contribution in [0.25, 0.3) is 0 Å². The van der Waals surface area contributed by atoms with E-state index in [9.17, 15) is 19.2 Å². The maximum Gasteiger partial charge on any atom is 0.407 e. The molecule has 4 amide bonds. The van der Waals surface area contributed by atoms with E-state index in [1.54, 1.807) is 6.92 Å². The van der Waals surface area contributed by atoms with Gasteiger partial charge in [0, 0.05) is 25.2 Å². The molecule has 12 nitrogen and oxygen atoms in total. The highest BCUT2D eigenvalue weighted by atomic mass is 16.6. The Kier molecular flexibility index (Phi) is 11.6. The molecule has 12 heteroatoms. The number of methoxy groups -OCH3 is 2. The van der Waals surface area contributed by atoms with Crippen molar-refractivity contribution in [2.75, 3.05) is 33.9 Å². The quantitative estimate of drug-likeness (QED) is 0.284. The summed E-state index contributed by atoms with van der Waals surface area (Å²) in [7, 11) is 2.67. The fraction of sp³-hybridized carbons (Fsp3) is 0.862. The Hall–Kier alpha value is -2.92. The summed E-state index contributed by atoms with van der Waals surface area (Å²) in [6, 6.07) is -0.190. The molecular weight excluding hydrogens is 532 g/mol. The minimum absolute atomic E-state index is 0.0262. The number of hydrogen-bond acceptors (Lipinski definition) is 8. The second kappa shape index (κ2) is 13.8. The summed E-state index contributed by atoms with van der Waals surface area (Å²) < 4.78 is 20.2. The van der Waals surface area contributed by atoms with Gasteiger partial charge in [-0.15, -0.1) is 0 Å². The Balaban J connectivity index is 1.80. The zero-order valence-corrected chi connectivity index (χ0v) is 26.4. The standard InChI is InChI=1S/C29H52N4O8/c1-19(41-23(35)31-18-29(7)12-20(32-24(36)39-9)10-26(2,3)16-29)14-40-25(37)33-21-11-27(4,5)15-28(6,13-21)17-30-22(34)38-8/h19-21H,10-18H2,1-9H3,(H,30,34)(H,31,35)(H,32,36)(H,33,37). The molecule has 5 unspecified atom stereocenters. The van der Waals surface area contributed by atoms with E-state index in [1.165, 1.54) is 14.2 Å². The zero-order valence-electron chi connectivity index (χ0n) is 26.4. The lowest BCUT2D eigenvalue weighted by Crippen LogP contribution is -2.51. The SMILES string of the molecule is COC(=O)NCC1(C)CC(NC(=O)OCC(C)OC(=O)NCC2(C)CC(NC(=O)OC)CC(C)(C)C2)CC(C)(C)C1. The van der Waals surface area contributed by atoms with E-state index in [2.05, 4.69) is 62.8 Å². The van der Waals surface area contributed by atoms with Gasteiger partial charge in [-0.1, -0.05) is 41.5 Å². The third-order valence-corrected chi connectivity index (χ3v) is 7.98. The molecule has 0 saturated heterocycles. The molecule has 2 aliphatic rings. The topological polar surface area (TPSA) is 153 Å². The minimum atomic E-state index is -0.651. The number of hydrogen-bond donors (Lipinski definition) is 4. The molecule has 236 valence electrons. The molecule has 2 aliphatic carbocycles. The number of carbonyl (C=O) groups is 4. The molecule has 2 saturated carbocycles. The smallest absolute Gasteiger partial charge is 0.407 e. The predicted molar refractivity (Wildman–Crippen MR) is 153 cm³/mol. The van der Waals surface area contributed by atoms with Crippen molar-refractivity contribution in [3.05, 3.63) is 0 Å². The van der Waals surface area contributed by atoms with Crippen LogP contribution in [0, 0.1) is 21.7 Å². The number of alkyl carbamates (subject to hydrolysis) is 4. The summed E-state index contributed by atoms with van der Waals surface area (Å²) in [4.78, 5) is 48.4. The van der Waals surface area contributed by atoms with Gasteiger partial charge in [-0.2, -0.15) is 0 Å². The van der Waals surface area contributed by atoms with Crippen LogP contribution in [0.1, 0.15) is 87.0 Å². The fourth-order valence-corrected chi connectivity index (χ4v) is 7.27. The molecular formula is C29H52N4O8. The molecule has 0 bridgehead atoms. The van der Waals surface area contributed by atoms with Gasteiger partial charge in [0.15, 0.2) is 0 Å². The monoisotopic (exact) mass is 584 g/mol. The Morgan fingerprint density at radius 1 is 0.683 bits per heavy atom. The number of rotatable bonds is 9. The highest BCUT2D eigenvalue weighted by Crippen LogP contribution is 2.46. The van der Waals surface area contributed by atoms with Crippen LogP contribution in [0.15, 0.2) is 0 Å². The van der Waals surface area contributed by atoms with E-state index in [0.717, 1.165) is 25.7 Å². The largest absolute Gasteiger partial charge is 0.453 e. The minimum Gasteiger partial charge on any atom is -0.453 e. The van der Waals surface area contributed by atoms with Crippen LogP contribution in [-0.2, 0) is 18.9 Å². The molecule has 0 heterocycles. The Morgan fingerprint density at radius 3 is 1.59 bits per heavy atom. The molecule has 0 radical (unpaired) electrons. The fourth-order valence-electron chi connectivity index (χ4n) is 7.27. The van der Waals surface area contributed by atoms with Crippen molar-refractivity contribution in [1.29, 1.82) is 0 Å². The van der Waals surface area contributed by atoms with E-state index in [-0.39, 0.29) is 40.4 Å². The summed E-state index contributed by atoms with van der Waals surface area (Å²) >= 11 is 0. The van der Waals surface area contributed by atoms with Crippen molar-refractivity contribution >= 4 is 24.4 Å². The van der Waals surface area contributed by atoms with Crippen molar-refractivity contribution < 1.29 is 38.1 Å². The summed E-state index contributed by atoms with van der Waals surface area (Å²) in [6.07, 6.45) is 1.96. The van der Waals surface area contributed by atoms with Crippen LogP contribution in [-0.4, -0.2) is 76.5 Å². The molecule has 0 aliphatic heterocycles. The summed E-state index contributed by atoms with van der Waals surface area (Å²) in [5, 5.41) is 11.5. The van der Waals surface area contributed by atoms with E-state index < -0.39 is 30.5 Å². The summed E-state index contributed by atoms with van der Waals surface area (Å²) in [5.74, 6) is 0. The van der Waals surface area contributed by atoms with Gasteiger partial charge in [0.2, 0.25) is 0 Å². The van der Waals surface area contributed by atoms with Crippen LogP contribution in [0.3, 0.4) is 0 Å². The van der Waals surface area contributed by atoms with Gasteiger partial charge in [-0.3, -0.25) is 0 Å². The van der Waals surface area contributed by atoms with Crippen LogP contribution in [0.2, 0.25) is 0 Å². The molecule has 41 heavy (non-hydrogen) atoms. The van der Waals surface area contributed by atoms with Gasteiger partial charge in [0.05, 0.1) is 14.2 Å². The molecule has 0 aromatic heterocycles. The third-order valence-electron chi connectivity index (χ3n) is 7.98. The van der Waals surface area contributed by atoms with Crippen LogP contribution < -0.4 is 21.3 Å². The van der Waals surface area contributed by atoms with Crippen molar-refractivity contribution in [1.82, 2.24) is 21.3 Å². The lowest BCUT2D eigenvalue weighted by molar-refractivity contribution is 0.0367. The highest BCUT2D eigenvalue weighted by Gasteiger charge is 2.43. The lowest BCUT2D eigenvalue weighted by Gasteiger charge is -2.46. The van der Waals surface area contributed by atoms with E-state index >= 15 is 0 Å². The first-order chi connectivity index (χ1) is 18.9. The van der Waals surface area contributed by atoms with Crippen LogP contribution >= 0.6 is 0 Å². The molecule has 2 fully saturated rings. The molecule has 5 atom stereocenters. The highest BCUT2D eigenvalue weighted by molar-refractivity contribution is 5.69. The van der Waals surface area contributed by atoms with Crippen LogP contribution in [0.5, 0.6) is 0 Å². The van der Waals surface area contributed by atoms with Gasteiger partial charge >= 0.3 is 24.4 Å². The number of ether oxygens (including phenoxy) is 4. The Labute approximate surface area is 244 Å². The van der Waals surface area contributed by atoms with Gasteiger partial charge in [0.1, 0.15) is 12.7 Å². The second-order valence-corrected chi connectivity index (χ2v) is 14.3.